The van der Waals surface area contributed by atoms with Crippen LogP contribution < -0.4 is 0 Å². The van der Waals surface area contributed by atoms with Gasteiger partial charge in [-0.1, -0.05) is 95.2 Å². The normalized spacial score (nSPS) is 15.3. The highest BCUT2D eigenvalue weighted by Crippen LogP contribution is 2.48. The lowest BCUT2D eigenvalue weighted by atomic mass is 10.1. The van der Waals surface area contributed by atoms with E-state index in [1.807, 2.05) is 44.8 Å². The molecule has 0 radical (unpaired) electrons. The highest BCUT2D eigenvalue weighted by molar-refractivity contribution is 7.11. The van der Waals surface area contributed by atoms with E-state index in [9.17, 15) is 9.59 Å². The van der Waals surface area contributed by atoms with Gasteiger partial charge in [0.2, 0.25) is 0 Å². The number of unbranched alkanes of at least 4 members (excludes halogenated alkanes) is 4. The van der Waals surface area contributed by atoms with Crippen molar-refractivity contribution < 1.29 is 9.59 Å². The van der Waals surface area contributed by atoms with Crippen molar-refractivity contribution in [1.29, 1.82) is 0 Å². The Hall–Kier alpha value is -2.63. The minimum atomic E-state index is -1.76. The van der Waals surface area contributed by atoms with Crippen LogP contribution in [0.15, 0.2) is 46.2 Å². The van der Waals surface area contributed by atoms with Crippen LogP contribution >= 0.6 is 22.7 Å². The molecule has 0 N–H and O–H groups in total. The monoisotopic (exact) mass is 772 g/mol. The van der Waals surface area contributed by atoms with Crippen molar-refractivity contribution in [3.05, 3.63) is 55.9 Å². The Bertz CT molecular complexity index is 1550. The smallest absolute Gasteiger partial charge is 0.261 e. The highest BCUT2D eigenvalue weighted by Gasteiger charge is 2.49. The van der Waals surface area contributed by atoms with Crippen LogP contribution in [-0.2, 0) is 9.59 Å². The summed E-state index contributed by atoms with van der Waals surface area (Å²) in [7, 11) is -3.51. The van der Waals surface area contributed by atoms with E-state index >= 15 is 0 Å². The van der Waals surface area contributed by atoms with Gasteiger partial charge in [-0.2, -0.15) is 0 Å². The number of rotatable bonds is 16. The van der Waals surface area contributed by atoms with Crippen molar-refractivity contribution in [2.75, 3.05) is 13.1 Å². The molecule has 2 aromatic heterocycles. The molecule has 0 aromatic carbocycles. The molecule has 0 fully saturated rings. The van der Waals surface area contributed by atoms with Gasteiger partial charge < -0.3 is 9.80 Å². The number of amides is 2. The minimum Gasteiger partial charge on any atom is -0.306 e. The second kappa shape index (κ2) is 18.1. The molecule has 8 heteroatoms. The molecule has 2 aromatic rings. The van der Waals surface area contributed by atoms with Crippen LogP contribution in [0.1, 0.15) is 131 Å². The zero-order valence-corrected chi connectivity index (χ0v) is 37.7. The summed E-state index contributed by atoms with van der Waals surface area (Å²) >= 11 is 3.19. The van der Waals surface area contributed by atoms with Crippen LogP contribution in [0.25, 0.3) is 11.4 Å². The second-order valence-electron chi connectivity index (χ2n) is 16.6. The van der Waals surface area contributed by atoms with E-state index in [1.54, 1.807) is 22.7 Å². The van der Waals surface area contributed by atoms with Crippen LogP contribution in [0.2, 0.25) is 33.2 Å². The molecule has 0 unspecified atom stereocenters. The fourth-order valence-corrected chi connectivity index (χ4v) is 21.6. The summed E-state index contributed by atoms with van der Waals surface area (Å²) in [5.74, 6) is 7.11. The largest absolute Gasteiger partial charge is 0.306 e. The van der Waals surface area contributed by atoms with Gasteiger partial charge in [0.15, 0.2) is 0 Å². The lowest BCUT2D eigenvalue weighted by Crippen LogP contribution is -2.43. The predicted molar refractivity (Wildman–Crippen MR) is 231 cm³/mol. The van der Waals surface area contributed by atoms with Crippen LogP contribution in [0.3, 0.4) is 0 Å². The molecular formula is C44H64N2O2S2Si2. The fraction of sp³-hybridized carbons (Fsp3) is 0.591. The van der Waals surface area contributed by atoms with Gasteiger partial charge in [-0.05, 0) is 81.8 Å². The fourth-order valence-electron chi connectivity index (χ4n) is 9.43. The average molecular weight is 773 g/mol. The van der Waals surface area contributed by atoms with Gasteiger partial charge in [0.05, 0.1) is 32.3 Å². The molecule has 0 atom stereocenters. The van der Waals surface area contributed by atoms with Crippen LogP contribution in [0.5, 0.6) is 0 Å². The third kappa shape index (κ3) is 8.21. The SMILES string of the molecule is CC(C)[Si](C#CCCCCN1C(=O)C2=C(c3cccs3)N(CCCCC#C[Si](C(C)C)(C(C)C)C(C)C)C(=O)C2=C1c1cccs1)(C(C)C)C(C)C. The van der Waals surface area contributed by atoms with Crippen molar-refractivity contribution in [1.82, 2.24) is 9.80 Å². The summed E-state index contributed by atoms with van der Waals surface area (Å²) in [5, 5.41) is 4.07. The van der Waals surface area contributed by atoms with Crippen LogP contribution in [-0.4, -0.2) is 50.9 Å². The van der Waals surface area contributed by atoms with Crippen molar-refractivity contribution in [2.45, 2.75) is 155 Å². The van der Waals surface area contributed by atoms with Crippen LogP contribution in [0.4, 0.5) is 0 Å². The molecule has 0 saturated heterocycles. The first-order valence-corrected chi connectivity index (χ1v) is 26.1. The average Bonchev–Trinajstić information content (AvgIpc) is 3.87. The van der Waals surface area contributed by atoms with Crippen molar-refractivity contribution in [2.24, 2.45) is 0 Å². The first-order valence-electron chi connectivity index (χ1n) is 19.8. The summed E-state index contributed by atoms with van der Waals surface area (Å²) in [6.07, 6.45) is 5.22. The van der Waals surface area contributed by atoms with E-state index in [0.717, 1.165) is 59.7 Å². The number of hydrogen-bond acceptors (Lipinski definition) is 4. The summed E-state index contributed by atoms with van der Waals surface area (Å²) in [4.78, 5) is 34.7. The Kier molecular flexibility index (Phi) is 14.7. The Balaban J connectivity index is 1.55. The Morgan fingerprint density at radius 3 is 1.13 bits per heavy atom. The molecule has 0 aliphatic carbocycles. The van der Waals surface area contributed by atoms with Gasteiger partial charge in [0, 0.05) is 25.9 Å². The number of thiophene rings is 2. The summed E-state index contributed by atoms with van der Waals surface area (Å²) in [6, 6.07) is 8.11. The van der Waals surface area contributed by atoms with Crippen molar-refractivity contribution in [3.63, 3.8) is 0 Å². The lowest BCUT2D eigenvalue weighted by Gasteiger charge is -2.38. The summed E-state index contributed by atoms with van der Waals surface area (Å²) in [6.45, 7) is 29.4. The second-order valence-corrected chi connectivity index (χ2v) is 29.7. The third-order valence-corrected chi connectivity index (χ3v) is 26.3. The van der Waals surface area contributed by atoms with E-state index in [-0.39, 0.29) is 11.8 Å². The number of nitrogens with zero attached hydrogens (tertiary/aromatic N) is 2. The molecule has 4 nitrogen and oxygen atoms in total. The Labute approximate surface area is 326 Å². The molecule has 0 spiro atoms. The van der Waals surface area contributed by atoms with E-state index in [4.69, 9.17) is 0 Å². The van der Waals surface area contributed by atoms with E-state index in [2.05, 4.69) is 106 Å². The van der Waals surface area contributed by atoms with Gasteiger partial charge in [0.1, 0.15) is 16.1 Å². The van der Waals surface area contributed by atoms with Gasteiger partial charge in [-0.3, -0.25) is 9.59 Å². The molecule has 0 saturated carbocycles. The van der Waals surface area contributed by atoms with Gasteiger partial charge >= 0.3 is 0 Å². The summed E-state index contributed by atoms with van der Waals surface area (Å²) < 4.78 is 0. The standard InChI is InChI=1S/C44H64N2O2S2Si2/c1-31(2)51(32(3)4,33(5)6)29-19-15-13-17-25-45-41(37-23-21-27-49-37)39-40(43(45)47)42(38-24-22-28-50-38)46(44(39)48)26-18-14-16-20-30-52(34(7)8,35(9)10)36(11)12/h21-24,27-28,31-36H,13-18,25-26H2,1-12H3. The maximum absolute atomic E-state index is 14.5. The summed E-state index contributed by atoms with van der Waals surface area (Å²) in [5.41, 5.74) is 14.1. The number of carbonyl (C=O) groups is 2. The molecule has 2 aliphatic rings. The number of carbonyl (C=O) groups excluding carboxylic acids is 2. The molecule has 2 aliphatic heterocycles. The van der Waals surface area contributed by atoms with Crippen LogP contribution in [0, 0.1) is 22.9 Å². The molecule has 52 heavy (non-hydrogen) atoms. The highest BCUT2D eigenvalue weighted by atomic mass is 32.1. The zero-order valence-electron chi connectivity index (χ0n) is 34.1. The van der Waals surface area contributed by atoms with Gasteiger partial charge in [-0.15, -0.1) is 45.6 Å². The molecule has 4 rings (SSSR count). The van der Waals surface area contributed by atoms with Gasteiger partial charge in [-0.25, -0.2) is 0 Å². The topological polar surface area (TPSA) is 40.6 Å². The van der Waals surface area contributed by atoms with E-state index in [1.165, 1.54) is 0 Å². The predicted octanol–water partition coefficient (Wildman–Crippen LogP) is 12.4. The lowest BCUT2D eigenvalue weighted by molar-refractivity contribution is -0.124. The number of hydrogen-bond donors (Lipinski definition) is 0. The first kappa shape index (κ1) is 42.1. The first-order chi connectivity index (χ1) is 24.6. The third-order valence-electron chi connectivity index (χ3n) is 11.9. The van der Waals surface area contributed by atoms with Gasteiger partial charge in [0.25, 0.3) is 11.8 Å². The maximum Gasteiger partial charge on any atom is 0.261 e. The quantitative estimate of drug-likeness (QED) is 0.0968. The minimum absolute atomic E-state index is 0.0437. The molecule has 282 valence electrons. The molecular weight excluding hydrogens is 709 g/mol. The van der Waals surface area contributed by atoms with E-state index in [0.29, 0.717) is 57.5 Å². The van der Waals surface area contributed by atoms with Crippen molar-refractivity contribution >= 4 is 62.0 Å². The Morgan fingerprint density at radius 2 is 0.865 bits per heavy atom. The maximum atomic E-state index is 14.5. The molecule has 2 amide bonds. The molecule has 4 heterocycles. The Morgan fingerprint density at radius 1 is 0.538 bits per heavy atom. The van der Waals surface area contributed by atoms with Crippen molar-refractivity contribution in [3.8, 4) is 22.9 Å². The number of fused-ring (bicyclic) bond motifs is 1. The van der Waals surface area contributed by atoms with E-state index < -0.39 is 16.1 Å². The zero-order chi connectivity index (χ0) is 38.4. The molecule has 0 bridgehead atoms.